The van der Waals surface area contributed by atoms with E-state index in [9.17, 15) is 4.79 Å². The van der Waals surface area contributed by atoms with E-state index in [0.29, 0.717) is 6.54 Å². The third-order valence-corrected chi connectivity index (χ3v) is 4.10. The lowest BCUT2D eigenvalue weighted by Crippen LogP contribution is -2.38. The molecular formula is C15H24N2O. The first kappa shape index (κ1) is 13.3. The van der Waals surface area contributed by atoms with Gasteiger partial charge in [-0.25, -0.2) is 0 Å². The molecule has 1 aliphatic rings. The predicted molar refractivity (Wildman–Crippen MR) is 73.7 cm³/mol. The molecule has 2 heterocycles. The second kappa shape index (κ2) is 5.70. The fraction of sp³-hybridized carbons (Fsp3) is 0.667. The molecule has 1 aliphatic heterocycles. The van der Waals surface area contributed by atoms with Gasteiger partial charge in [0, 0.05) is 25.0 Å². The summed E-state index contributed by atoms with van der Waals surface area (Å²) in [6.07, 6.45) is 6.31. The average molecular weight is 248 g/mol. The minimum Gasteiger partial charge on any atom is -0.357 e. The number of carbonyl (C=O) groups is 1. The molecule has 0 spiro atoms. The molecule has 3 nitrogen and oxygen atoms in total. The van der Waals surface area contributed by atoms with E-state index in [1.807, 2.05) is 30.1 Å². The van der Waals surface area contributed by atoms with Crippen LogP contribution in [0.5, 0.6) is 0 Å². The van der Waals surface area contributed by atoms with Crippen molar-refractivity contribution in [2.45, 2.75) is 26.7 Å². The number of likely N-dealkylation sites (tertiary alicyclic amines) is 1. The Morgan fingerprint density at radius 3 is 2.56 bits per heavy atom. The Morgan fingerprint density at radius 2 is 2.06 bits per heavy atom. The Hall–Kier alpha value is -1.09. The lowest BCUT2D eigenvalue weighted by atomic mass is 9.86. The van der Waals surface area contributed by atoms with E-state index in [2.05, 4.69) is 18.7 Å². The van der Waals surface area contributed by atoms with E-state index in [-0.39, 0.29) is 5.78 Å². The Morgan fingerprint density at radius 1 is 1.39 bits per heavy atom. The van der Waals surface area contributed by atoms with Crippen molar-refractivity contribution in [3.63, 3.8) is 0 Å². The van der Waals surface area contributed by atoms with Gasteiger partial charge in [0.1, 0.15) is 0 Å². The van der Waals surface area contributed by atoms with Crippen LogP contribution in [-0.4, -0.2) is 34.9 Å². The first-order chi connectivity index (χ1) is 8.56. The summed E-state index contributed by atoms with van der Waals surface area (Å²) in [5, 5.41) is 0. The number of aryl methyl sites for hydroxylation is 1. The summed E-state index contributed by atoms with van der Waals surface area (Å²) in [4.78, 5) is 14.4. The van der Waals surface area contributed by atoms with Gasteiger partial charge in [-0.15, -0.1) is 0 Å². The van der Waals surface area contributed by atoms with E-state index in [1.165, 1.54) is 12.8 Å². The van der Waals surface area contributed by atoms with Crippen LogP contribution in [0, 0.1) is 11.8 Å². The number of piperidine rings is 1. The molecule has 3 heteroatoms. The van der Waals surface area contributed by atoms with Crippen LogP contribution in [0.2, 0.25) is 0 Å². The fourth-order valence-corrected chi connectivity index (χ4v) is 2.74. The number of nitrogens with zero attached hydrogens (tertiary/aromatic N) is 2. The van der Waals surface area contributed by atoms with Crippen molar-refractivity contribution in [2.24, 2.45) is 18.9 Å². The summed E-state index contributed by atoms with van der Waals surface area (Å²) in [7, 11) is 1.95. The van der Waals surface area contributed by atoms with Crippen LogP contribution < -0.4 is 0 Å². The molecule has 18 heavy (non-hydrogen) atoms. The quantitative estimate of drug-likeness (QED) is 0.765. The van der Waals surface area contributed by atoms with E-state index in [0.717, 1.165) is 30.5 Å². The van der Waals surface area contributed by atoms with Gasteiger partial charge in [-0.2, -0.15) is 0 Å². The second-order valence-electron chi connectivity index (χ2n) is 5.85. The van der Waals surface area contributed by atoms with Crippen LogP contribution in [0.3, 0.4) is 0 Å². The molecule has 1 fully saturated rings. The molecule has 0 aliphatic carbocycles. The fourth-order valence-electron chi connectivity index (χ4n) is 2.74. The Kier molecular flexibility index (Phi) is 4.23. The Bertz CT molecular complexity index is 400. The number of carbonyl (C=O) groups excluding carboxylic acids is 1. The molecule has 0 unspecified atom stereocenters. The van der Waals surface area contributed by atoms with Crippen LogP contribution in [0.25, 0.3) is 0 Å². The topological polar surface area (TPSA) is 25.2 Å². The summed E-state index contributed by atoms with van der Waals surface area (Å²) in [6, 6.07) is 1.91. The van der Waals surface area contributed by atoms with Gasteiger partial charge < -0.3 is 4.57 Å². The first-order valence-corrected chi connectivity index (χ1v) is 6.94. The zero-order valence-electron chi connectivity index (χ0n) is 11.7. The van der Waals surface area contributed by atoms with Crippen LogP contribution in [0.1, 0.15) is 37.0 Å². The number of aromatic nitrogens is 1. The second-order valence-corrected chi connectivity index (χ2v) is 5.85. The van der Waals surface area contributed by atoms with E-state index >= 15 is 0 Å². The molecular weight excluding hydrogens is 224 g/mol. The molecule has 2 rings (SSSR count). The molecule has 1 saturated heterocycles. The normalized spacial score (nSPS) is 18.4. The van der Waals surface area contributed by atoms with Crippen LogP contribution in [0.15, 0.2) is 18.5 Å². The largest absolute Gasteiger partial charge is 0.357 e. The summed E-state index contributed by atoms with van der Waals surface area (Å²) in [5.74, 6) is 1.86. The maximum absolute atomic E-state index is 12.1. The third kappa shape index (κ3) is 3.22. The third-order valence-electron chi connectivity index (χ3n) is 4.10. The number of ketones is 1. The number of rotatable bonds is 4. The highest BCUT2D eigenvalue weighted by atomic mass is 16.1. The molecule has 1 aromatic rings. The minimum atomic E-state index is 0.249. The van der Waals surface area contributed by atoms with Crippen molar-refractivity contribution in [3.05, 3.63) is 24.0 Å². The molecule has 0 bridgehead atoms. The molecule has 0 aromatic carbocycles. The Balaban J connectivity index is 1.83. The zero-order chi connectivity index (χ0) is 13.1. The van der Waals surface area contributed by atoms with Gasteiger partial charge >= 0.3 is 0 Å². The van der Waals surface area contributed by atoms with E-state index in [4.69, 9.17) is 0 Å². The minimum absolute atomic E-state index is 0.249. The molecule has 100 valence electrons. The monoisotopic (exact) mass is 248 g/mol. The summed E-state index contributed by atoms with van der Waals surface area (Å²) in [5.41, 5.74) is 0.837. The van der Waals surface area contributed by atoms with Crippen molar-refractivity contribution in [2.75, 3.05) is 19.6 Å². The van der Waals surface area contributed by atoms with E-state index in [1.54, 1.807) is 0 Å². The number of hydrogen-bond acceptors (Lipinski definition) is 2. The molecule has 0 atom stereocenters. The summed E-state index contributed by atoms with van der Waals surface area (Å²) >= 11 is 0. The molecule has 0 amide bonds. The molecule has 0 radical (unpaired) electrons. The van der Waals surface area contributed by atoms with Crippen LogP contribution in [-0.2, 0) is 7.05 Å². The Labute approximate surface area is 110 Å². The maximum Gasteiger partial charge on any atom is 0.178 e. The highest BCUT2D eigenvalue weighted by Gasteiger charge is 2.23. The van der Waals surface area contributed by atoms with E-state index < -0.39 is 0 Å². The highest BCUT2D eigenvalue weighted by Crippen LogP contribution is 2.24. The number of hydrogen-bond donors (Lipinski definition) is 0. The standard InChI is InChI=1S/C15H24N2O/c1-12(2)13-5-8-17(9-6-13)11-15(18)14-4-7-16(3)10-14/h4,7,10,12-13H,5-6,8-9,11H2,1-3H3. The van der Waals surface area contributed by atoms with Crippen molar-refractivity contribution in [1.29, 1.82) is 0 Å². The first-order valence-electron chi connectivity index (χ1n) is 6.94. The molecule has 0 saturated carbocycles. The van der Waals surface area contributed by atoms with Crippen molar-refractivity contribution in [3.8, 4) is 0 Å². The average Bonchev–Trinajstić information content (AvgIpc) is 2.76. The SMILES string of the molecule is CC(C)C1CCN(CC(=O)c2ccn(C)c2)CC1. The molecule has 0 N–H and O–H groups in total. The zero-order valence-corrected chi connectivity index (χ0v) is 11.7. The smallest absolute Gasteiger partial charge is 0.178 e. The summed E-state index contributed by atoms with van der Waals surface area (Å²) in [6.45, 7) is 7.32. The van der Waals surface area contributed by atoms with Gasteiger partial charge in [0.05, 0.1) is 6.54 Å². The maximum atomic E-state index is 12.1. The lowest BCUT2D eigenvalue weighted by Gasteiger charge is -2.33. The van der Waals surface area contributed by atoms with Crippen LogP contribution in [0.4, 0.5) is 0 Å². The van der Waals surface area contributed by atoms with Gasteiger partial charge in [-0.3, -0.25) is 9.69 Å². The molecule has 1 aromatic heterocycles. The van der Waals surface area contributed by atoms with Crippen molar-refractivity contribution in [1.82, 2.24) is 9.47 Å². The van der Waals surface area contributed by atoms with Crippen LogP contribution >= 0.6 is 0 Å². The number of Topliss-reactive ketones (excluding diaryl/α,β-unsaturated/α-hetero) is 1. The highest BCUT2D eigenvalue weighted by molar-refractivity contribution is 5.97. The van der Waals surface area contributed by atoms with Gasteiger partial charge in [0.25, 0.3) is 0 Å². The van der Waals surface area contributed by atoms with Crippen molar-refractivity contribution < 1.29 is 4.79 Å². The van der Waals surface area contributed by atoms with Crippen molar-refractivity contribution >= 4 is 5.78 Å². The van der Waals surface area contributed by atoms with Gasteiger partial charge in [-0.05, 0) is 43.8 Å². The van der Waals surface area contributed by atoms with Gasteiger partial charge in [0.2, 0.25) is 0 Å². The van der Waals surface area contributed by atoms with Gasteiger partial charge in [0.15, 0.2) is 5.78 Å². The predicted octanol–water partition coefficient (Wildman–Crippen LogP) is 2.58. The van der Waals surface area contributed by atoms with Gasteiger partial charge in [-0.1, -0.05) is 13.8 Å². The summed E-state index contributed by atoms with van der Waals surface area (Å²) < 4.78 is 1.93. The lowest BCUT2D eigenvalue weighted by molar-refractivity contribution is 0.0880.